The lowest BCUT2D eigenvalue weighted by atomic mass is 10.0. The molecule has 1 unspecified atom stereocenters. The van der Waals surface area contributed by atoms with Crippen LogP contribution in [0.5, 0.6) is 0 Å². The number of hydrogen-bond acceptors (Lipinski definition) is 4. The van der Waals surface area contributed by atoms with Gasteiger partial charge in [0.15, 0.2) is 0 Å². The minimum atomic E-state index is -0.299. The summed E-state index contributed by atoms with van der Waals surface area (Å²) in [5, 5.41) is 5.86. The zero-order valence-corrected chi connectivity index (χ0v) is 9.04. The number of nitrogens with one attached hydrogen (secondary N) is 2. The topological polar surface area (TPSA) is 67.4 Å². The number of piperidine rings is 1. The highest BCUT2D eigenvalue weighted by molar-refractivity contribution is 5.82. The van der Waals surface area contributed by atoms with Crippen molar-refractivity contribution in [3.05, 3.63) is 0 Å². The van der Waals surface area contributed by atoms with Crippen LogP contribution < -0.4 is 10.6 Å². The van der Waals surface area contributed by atoms with Gasteiger partial charge in [0, 0.05) is 6.54 Å². The van der Waals surface area contributed by atoms with Crippen molar-refractivity contribution in [3.63, 3.8) is 0 Å². The van der Waals surface area contributed by atoms with Crippen LogP contribution in [0, 0.1) is 0 Å². The fraction of sp³-hybridized carbons (Fsp3) is 0.800. The van der Waals surface area contributed by atoms with Crippen LogP contribution in [0.3, 0.4) is 0 Å². The van der Waals surface area contributed by atoms with E-state index in [0.717, 1.165) is 25.8 Å². The molecule has 0 radical (unpaired) electrons. The summed E-state index contributed by atoms with van der Waals surface area (Å²) in [6.07, 6.45) is 3.33. The summed E-state index contributed by atoms with van der Waals surface area (Å²) in [6.45, 7) is 1.25. The number of amides is 1. The first kappa shape index (κ1) is 12.0. The average molecular weight is 214 g/mol. The Labute approximate surface area is 89.6 Å². The van der Waals surface area contributed by atoms with Crippen molar-refractivity contribution in [1.29, 1.82) is 0 Å². The van der Waals surface area contributed by atoms with E-state index in [2.05, 4.69) is 15.4 Å². The molecule has 0 spiro atoms. The van der Waals surface area contributed by atoms with Crippen molar-refractivity contribution in [2.45, 2.75) is 31.7 Å². The summed E-state index contributed by atoms with van der Waals surface area (Å²) in [5.74, 6) is -0.314. The molecule has 1 fully saturated rings. The third kappa shape index (κ3) is 4.29. The summed E-state index contributed by atoms with van der Waals surface area (Å²) in [6, 6.07) is -0.0867. The fourth-order valence-corrected chi connectivity index (χ4v) is 1.59. The van der Waals surface area contributed by atoms with E-state index >= 15 is 0 Å². The van der Waals surface area contributed by atoms with E-state index in [1.807, 2.05) is 0 Å². The molecule has 0 bridgehead atoms. The normalized spacial score (nSPS) is 20.7. The molecule has 0 aromatic heterocycles. The molecule has 0 aromatic carbocycles. The number of carbonyl (C=O) groups excluding carboxylic acids is 2. The van der Waals surface area contributed by atoms with E-state index in [1.165, 1.54) is 7.11 Å². The van der Waals surface area contributed by atoms with Crippen molar-refractivity contribution >= 4 is 11.9 Å². The first-order valence-electron chi connectivity index (χ1n) is 5.32. The maximum Gasteiger partial charge on any atom is 0.307 e. The monoisotopic (exact) mass is 214 g/mol. The van der Waals surface area contributed by atoms with E-state index in [1.54, 1.807) is 0 Å². The van der Waals surface area contributed by atoms with Gasteiger partial charge in [0.05, 0.1) is 19.6 Å². The van der Waals surface area contributed by atoms with Gasteiger partial charge in [-0.3, -0.25) is 9.59 Å². The molecular weight excluding hydrogens is 196 g/mol. The zero-order chi connectivity index (χ0) is 11.1. The Hall–Kier alpha value is -1.10. The standard InChI is InChI=1S/C10H18N2O3/c1-15-9(13)5-7-12-10(14)8-4-2-3-6-11-8/h8,11H,2-7H2,1H3,(H,12,14). The van der Waals surface area contributed by atoms with Crippen LogP contribution in [0.1, 0.15) is 25.7 Å². The second-order valence-corrected chi connectivity index (χ2v) is 3.62. The Kier molecular flexibility index (Phi) is 5.10. The number of methoxy groups -OCH3 is 1. The highest BCUT2D eigenvalue weighted by Crippen LogP contribution is 2.06. The first-order chi connectivity index (χ1) is 7.24. The maximum atomic E-state index is 11.5. The second-order valence-electron chi connectivity index (χ2n) is 3.62. The van der Waals surface area contributed by atoms with Crippen LogP contribution >= 0.6 is 0 Å². The molecule has 1 amide bonds. The number of esters is 1. The Morgan fingerprint density at radius 2 is 2.27 bits per heavy atom. The molecule has 1 saturated heterocycles. The van der Waals surface area contributed by atoms with Crippen LogP contribution in [0.15, 0.2) is 0 Å². The molecule has 0 aromatic rings. The summed E-state index contributed by atoms with van der Waals surface area (Å²) >= 11 is 0. The number of rotatable bonds is 4. The molecule has 1 heterocycles. The van der Waals surface area contributed by atoms with Gasteiger partial charge in [0.1, 0.15) is 0 Å². The lowest BCUT2D eigenvalue weighted by molar-refractivity contribution is -0.140. The predicted molar refractivity (Wildman–Crippen MR) is 55.3 cm³/mol. The van der Waals surface area contributed by atoms with E-state index in [4.69, 9.17) is 0 Å². The zero-order valence-electron chi connectivity index (χ0n) is 9.04. The Morgan fingerprint density at radius 3 is 2.87 bits per heavy atom. The third-order valence-electron chi connectivity index (χ3n) is 2.48. The van der Waals surface area contributed by atoms with Crippen molar-refractivity contribution < 1.29 is 14.3 Å². The fourth-order valence-electron chi connectivity index (χ4n) is 1.59. The molecule has 1 atom stereocenters. The van der Waals surface area contributed by atoms with Crippen molar-refractivity contribution in [2.24, 2.45) is 0 Å². The van der Waals surface area contributed by atoms with Gasteiger partial charge in [-0.15, -0.1) is 0 Å². The molecule has 0 saturated carbocycles. The van der Waals surface area contributed by atoms with Gasteiger partial charge in [0.2, 0.25) is 5.91 Å². The Morgan fingerprint density at radius 1 is 1.47 bits per heavy atom. The number of ether oxygens (including phenoxy) is 1. The van der Waals surface area contributed by atoms with E-state index in [-0.39, 0.29) is 24.3 Å². The summed E-state index contributed by atoms with van der Waals surface area (Å²) in [4.78, 5) is 22.3. The summed E-state index contributed by atoms with van der Waals surface area (Å²) in [7, 11) is 1.34. The van der Waals surface area contributed by atoms with Gasteiger partial charge in [-0.1, -0.05) is 6.42 Å². The smallest absolute Gasteiger partial charge is 0.307 e. The minimum absolute atomic E-state index is 0.0152. The van der Waals surface area contributed by atoms with E-state index in [0.29, 0.717) is 6.54 Å². The van der Waals surface area contributed by atoms with Crippen LogP contribution in [0.2, 0.25) is 0 Å². The lowest BCUT2D eigenvalue weighted by Crippen LogP contribution is -2.47. The quantitative estimate of drug-likeness (QED) is 0.636. The first-order valence-corrected chi connectivity index (χ1v) is 5.32. The molecule has 1 aliphatic rings. The number of carbonyl (C=O) groups is 2. The average Bonchev–Trinajstić information content (AvgIpc) is 2.29. The minimum Gasteiger partial charge on any atom is -0.469 e. The van der Waals surface area contributed by atoms with Crippen LogP contribution in [0.25, 0.3) is 0 Å². The SMILES string of the molecule is COC(=O)CCNC(=O)C1CCCCN1. The number of hydrogen-bond donors (Lipinski definition) is 2. The van der Waals surface area contributed by atoms with Crippen LogP contribution in [0.4, 0.5) is 0 Å². The van der Waals surface area contributed by atoms with Crippen LogP contribution in [-0.4, -0.2) is 38.1 Å². The molecule has 1 rings (SSSR count). The molecule has 86 valence electrons. The van der Waals surface area contributed by atoms with Crippen molar-refractivity contribution in [2.75, 3.05) is 20.2 Å². The van der Waals surface area contributed by atoms with Crippen LogP contribution in [-0.2, 0) is 14.3 Å². The Bertz CT molecular complexity index is 225. The van der Waals surface area contributed by atoms with Gasteiger partial charge < -0.3 is 15.4 Å². The molecular formula is C10H18N2O3. The van der Waals surface area contributed by atoms with Gasteiger partial charge in [-0.05, 0) is 19.4 Å². The van der Waals surface area contributed by atoms with E-state index < -0.39 is 0 Å². The molecule has 5 nitrogen and oxygen atoms in total. The largest absolute Gasteiger partial charge is 0.469 e. The highest BCUT2D eigenvalue weighted by Gasteiger charge is 2.19. The molecule has 2 N–H and O–H groups in total. The molecule has 15 heavy (non-hydrogen) atoms. The lowest BCUT2D eigenvalue weighted by Gasteiger charge is -2.22. The summed E-state index contributed by atoms with van der Waals surface area (Å²) in [5.41, 5.74) is 0. The van der Waals surface area contributed by atoms with Gasteiger partial charge in [-0.2, -0.15) is 0 Å². The van der Waals surface area contributed by atoms with Gasteiger partial charge in [-0.25, -0.2) is 0 Å². The molecule has 1 aliphatic heterocycles. The highest BCUT2D eigenvalue weighted by atomic mass is 16.5. The van der Waals surface area contributed by atoms with Gasteiger partial charge in [0.25, 0.3) is 0 Å². The molecule has 5 heteroatoms. The Balaban J connectivity index is 2.14. The third-order valence-corrected chi connectivity index (χ3v) is 2.48. The van der Waals surface area contributed by atoms with Crippen molar-refractivity contribution in [3.8, 4) is 0 Å². The second kappa shape index (κ2) is 6.40. The molecule has 0 aliphatic carbocycles. The summed E-state index contributed by atoms with van der Waals surface area (Å²) < 4.78 is 4.47. The maximum absolute atomic E-state index is 11.5. The van der Waals surface area contributed by atoms with Crippen molar-refractivity contribution in [1.82, 2.24) is 10.6 Å². The van der Waals surface area contributed by atoms with Gasteiger partial charge >= 0.3 is 5.97 Å². The van der Waals surface area contributed by atoms with E-state index in [9.17, 15) is 9.59 Å². The predicted octanol–water partition coefficient (Wildman–Crippen LogP) is -0.192.